The highest BCUT2D eigenvalue weighted by Crippen LogP contribution is 2.15. The Kier molecular flexibility index (Phi) is 2.77. The molecule has 0 aromatic carbocycles. The van der Waals surface area contributed by atoms with Crippen LogP contribution >= 0.6 is 0 Å². The summed E-state index contributed by atoms with van der Waals surface area (Å²) in [6, 6.07) is 3.96. The number of hydrogen-bond donors (Lipinski definition) is 0. The van der Waals surface area contributed by atoms with Gasteiger partial charge in [-0.05, 0) is 37.8 Å². The van der Waals surface area contributed by atoms with Gasteiger partial charge in [-0.2, -0.15) is 0 Å². The molecule has 2 rings (SSSR count). The average molecular weight is 216 g/mol. The lowest BCUT2D eigenvalue weighted by molar-refractivity contribution is 0.733. The number of hydrogen-bond acceptors (Lipinski definition) is 2. The second-order valence-corrected chi connectivity index (χ2v) is 3.94. The van der Waals surface area contributed by atoms with E-state index in [2.05, 4.69) is 4.98 Å². The summed E-state index contributed by atoms with van der Waals surface area (Å²) in [7, 11) is 0. The Bertz CT molecular complexity index is 584. The first-order valence-corrected chi connectivity index (χ1v) is 5.67. The van der Waals surface area contributed by atoms with Crippen LogP contribution in [-0.4, -0.2) is 9.55 Å². The zero-order valence-electron chi connectivity index (χ0n) is 9.95. The fourth-order valence-corrected chi connectivity index (χ4v) is 2.03. The summed E-state index contributed by atoms with van der Waals surface area (Å²) in [5.41, 5.74) is 1.95. The van der Waals surface area contributed by atoms with Crippen LogP contribution in [0, 0.1) is 6.92 Å². The Morgan fingerprint density at radius 3 is 2.75 bits per heavy atom. The first kappa shape index (κ1) is 10.9. The predicted octanol–water partition coefficient (Wildman–Crippen LogP) is 2.29. The summed E-state index contributed by atoms with van der Waals surface area (Å²) in [6.45, 7) is 6.67. The summed E-state index contributed by atoms with van der Waals surface area (Å²) in [5.74, 6) is 0. The molecule has 0 radical (unpaired) electrons. The molecule has 0 saturated carbocycles. The molecule has 3 nitrogen and oxygen atoms in total. The van der Waals surface area contributed by atoms with E-state index in [-0.39, 0.29) is 5.56 Å². The van der Waals surface area contributed by atoms with Crippen molar-refractivity contribution in [1.82, 2.24) is 9.55 Å². The molecule has 0 aliphatic carbocycles. The molecule has 0 aliphatic rings. The van der Waals surface area contributed by atoms with Crippen molar-refractivity contribution in [3.63, 3.8) is 0 Å². The first-order valence-electron chi connectivity index (χ1n) is 5.67. The summed E-state index contributed by atoms with van der Waals surface area (Å²) >= 11 is 0. The zero-order chi connectivity index (χ0) is 11.7. The lowest BCUT2D eigenvalue weighted by Crippen LogP contribution is -2.20. The van der Waals surface area contributed by atoms with Gasteiger partial charge in [0.1, 0.15) is 0 Å². The van der Waals surface area contributed by atoms with Crippen molar-refractivity contribution in [3.8, 4) is 0 Å². The molecular weight excluding hydrogens is 200 g/mol. The molecule has 16 heavy (non-hydrogen) atoms. The minimum Gasteiger partial charge on any atom is -0.315 e. The number of fused-ring (bicyclic) bond motifs is 1. The van der Waals surface area contributed by atoms with Crippen molar-refractivity contribution in [1.29, 1.82) is 0 Å². The molecule has 84 valence electrons. The van der Waals surface area contributed by atoms with Gasteiger partial charge in [-0.15, -0.1) is 0 Å². The van der Waals surface area contributed by atoms with Gasteiger partial charge in [0, 0.05) is 18.4 Å². The topological polar surface area (TPSA) is 34.9 Å². The minimum atomic E-state index is 0.0735. The monoisotopic (exact) mass is 216 g/mol. The fraction of sp³-hybridized carbons (Fsp3) is 0.385. The lowest BCUT2D eigenvalue weighted by Gasteiger charge is -2.08. The molecule has 0 N–H and O–H groups in total. The largest absolute Gasteiger partial charge is 0.315 e. The molecule has 2 aromatic rings. The highest BCUT2D eigenvalue weighted by atomic mass is 16.1. The maximum absolute atomic E-state index is 12.2. The van der Waals surface area contributed by atoms with Crippen LogP contribution < -0.4 is 5.56 Å². The molecule has 2 heterocycles. The van der Waals surface area contributed by atoms with Crippen LogP contribution in [0.3, 0.4) is 0 Å². The third-order valence-corrected chi connectivity index (χ3v) is 2.84. The summed E-state index contributed by atoms with van der Waals surface area (Å²) in [5, 5.41) is 1.77. The van der Waals surface area contributed by atoms with Crippen LogP contribution in [0.1, 0.15) is 25.2 Å². The highest BCUT2D eigenvalue weighted by molar-refractivity contribution is 5.83. The van der Waals surface area contributed by atoms with E-state index in [9.17, 15) is 4.79 Å². The van der Waals surface area contributed by atoms with Gasteiger partial charge in [0.25, 0.3) is 5.56 Å². The molecule has 0 saturated heterocycles. The first-order chi connectivity index (χ1) is 7.67. The Morgan fingerprint density at radius 1 is 1.38 bits per heavy atom. The zero-order valence-corrected chi connectivity index (χ0v) is 9.95. The van der Waals surface area contributed by atoms with E-state index >= 15 is 0 Å². The summed E-state index contributed by atoms with van der Waals surface area (Å²) in [4.78, 5) is 16.6. The molecule has 0 fully saturated rings. The number of rotatable bonds is 2. The van der Waals surface area contributed by atoms with Gasteiger partial charge in [-0.25, -0.2) is 0 Å². The van der Waals surface area contributed by atoms with Crippen LogP contribution in [0.25, 0.3) is 10.8 Å². The Labute approximate surface area is 94.7 Å². The van der Waals surface area contributed by atoms with Crippen LogP contribution in [0.5, 0.6) is 0 Å². The third kappa shape index (κ3) is 1.62. The van der Waals surface area contributed by atoms with Gasteiger partial charge in [-0.3, -0.25) is 9.78 Å². The minimum absolute atomic E-state index is 0.0735. The van der Waals surface area contributed by atoms with Gasteiger partial charge in [0.05, 0.1) is 11.1 Å². The molecule has 0 unspecified atom stereocenters. The van der Waals surface area contributed by atoms with Crippen molar-refractivity contribution >= 4 is 10.8 Å². The van der Waals surface area contributed by atoms with Crippen molar-refractivity contribution in [3.05, 3.63) is 40.1 Å². The van der Waals surface area contributed by atoms with Gasteiger partial charge in [0.2, 0.25) is 0 Å². The van der Waals surface area contributed by atoms with E-state index in [0.29, 0.717) is 6.54 Å². The summed E-state index contributed by atoms with van der Waals surface area (Å²) < 4.78 is 1.72. The number of aryl methyl sites for hydroxylation is 3. The predicted molar refractivity (Wildman–Crippen MR) is 65.8 cm³/mol. The standard InChI is InChI=1S/C13H16N2O/c1-4-11-12-10(8-9(3)14-11)6-7-15(5-2)13(12)16/h6-8H,4-5H2,1-3H3. The smallest absolute Gasteiger partial charge is 0.260 e. The second-order valence-electron chi connectivity index (χ2n) is 3.94. The average Bonchev–Trinajstić information content (AvgIpc) is 2.28. The molecule has 0 atom stereocenters. The Morgan fingerprint density at radius 2 is 2.12 bits per heavy atom. The van der Waals surface area contributed by atoms with E-state index in [4.69, 9.17) is 0 Å². The molecule has 3 heteroatoms. The number of pyridine rings is 2. The molecule has 0 bridgehead atoms. The van der Waals surface area contributed by atoms with Crippen molar-refractivity contribution < 1.29 is 0 Å². The van der Waals surface area contributed by atoms with Gasteiger partial charge >= 0.3 is 0 Å². The van der Waals surface area contributed by atoms with Gasteiger partial charge < -0.3 is 4.57 Å². The van der Waals surface area contributed by atoms with E-state index in [0.717, 1.165) is 28.6 Å². The summed E-state index contributed by atoms with van der Waals surface area (Å²) in [6.07, 6.45) is 2.64. The lowest BCUT2D eigenvalue weighted by atomic mass is 10.1. The van der Waals surface area contributed by atoms with Crippen LogP contribution in [-0.2, 0) is 13.0 Å². The van der Waals surface area contributed by atoms with Gasteiger partial charge in [-0.1, -0.05) is 6.92 Å². The van der Waals surface area contributed by atoms with E-state index < -0.39 is 0 Å². The number of aromatic nitrogens is 2. The quantitative estimate of drug-likeness (QED) is 0.772. The number of nitrogens with zero attached hydrogens (tertiary/aromatic N) is 2. The molecule has 0 aliphatic heterocycles. The van der Waals surface area contributed by atoms with Crippen molar-refractivity contribution in [2.45, 2.75) is 33.7 Å². The maximum Gasteiger partial charge on any atom is 0.260 e. The van der Waals surface area contributed by atoms with E-state index in [1.165, 1.54) is 0 Å². The van der Waals surface area contributed by atoms with Crippen molar-refractivity contribution in [2.24, 2.45) is 0 Å². The van der Waals surface area contributed by atoms with E-state index in [1.807, 2.05) is 39.1 Å². The highest BCUT2D eigenvalue weighted by Gasteiger charge is 2.08. The van der Waals surface area contributed by atoms with Gasteiger partial charge in [0.15, 0.2) is 0 Å². The Hall–Kier alpha value is -1.64. The molecule has 0 amide bonds. The molecule has 0 spiro atoms. The normalized spacial score (nSPS) is 10.9. The Balaban J connectivity index is 2.91. The second kappa shape index (κ2) is 4.08. The van der Waals surface area contributed by atoms with E-state index in [1.54, 1.807) is 4.57 Å². The molecule has 2 aromatic heterocycles. The molecular formula is C13H16N2O. The van der Waals surface area contributed by atoms with Crippen LogP contribution in [0.15, 0.2) is 23.1 Å². The van der Waals surface area contributed by atoms with Crippen molar-refractivity contribution in [2.75, 3.05) is 0 Å². The fourth-order valence-electron chi connectivity index (χ4n) is 2.03. The SMILES string of the molecule is CCc1nc(C)cc2ccn(CC)c(=O)c12. The maximum atomic E-state index is 12.2. The van der Waals surface area contributed by atoms with Crippen LogP contribution in [0.4, 0.5) is 0 Å². The van der Waals surface area contributed by atoms with Crippen LogP contribution in [0.2, 0.25) is 0 Å². The third-order valence-electron chi connectivity index (χ3n) is 2.84.